The van der Waals surface area contributed by atoms with Gasteiger partial charge in [0.15, 0.2) is 0 Å². The van der Waals surface area contributed by atoms with Gasteiger partial charge in [0, 0.05) is 10.0 Å². The van der Waals surface area contributed by atoms with Gasteiger partial charge in [-0.05, 0) is 48.4 Å². The number of halogens is 2. The molecule has 0 fully saturated rings. The van der Waals surface area contributed by atoms with E-state index >= 15 is 0 Å². The first-order chi connectivity index (χ1) is 7.63. The average molecular weight is 304 g/mol. The molecule has 0 unspecified atom stereocenters. The molecule has 4 heteroatoms. The van der Waals surface area contributed by atoms with Gasteiger partial charge in [0.05, 0.1) is 6.61 Å². The van der Waals surface area contributed by atoms with Crippen molar-refractivity contribution >= 4 is 38.8 Å². The fourth-order valence-electron chi connectivity index (χ4n) is 1.15. The first kappa shape index (κ1) is 13.3. The maximum atomic E-state index is 10.7. The molecule has 0 saturated carbocycles. The van der Waals surface area contributed by atoms with Gasteiger partial charge in [0.1, 0.15) is 5.75 Å². The smallest absolute Gasteiger partial charge is 0.245 e. The third kappa shape index (κ3) is 4.37. The molecule has 1 aromatic rings. The highest BCUT2D eigenvalue weighted by Crippen LogP contribution is 2.24. The summed E-state index contributed by atoms with van der Waals surface area (Å²) >= 11 is 8.61. The number of carbonyl (C=O) groups excluding carboxylic acids is 1. The van der Waals surface area contributed by atoms with Crippen molar-refractivity contribution in [1.82, 2.24) is 0 Å². The zero-order valence-electron chi connectivity index (χ0n) is 8.87. The first-order valence-electron chi connectivity index (χ1n) is 4.93. The Balaban J connectivity index is 2.93. The molecule has 0 saturated heterocycles. The van der Waals surface area contributed by atoms with Gasteiger partial charge < -0.3 is 4.74 Å². The Bertz CT molecular complexity index is 402. The molecule has 0 spiro atoms. The number of carbonyl (C=O) groups is 1. The van der Waals surface area contributed by atoms with Crippen LogP contribution in [-0.4, -0.2) is 11.8 Å². The predicted molar refractivity (Wildman–Crippen MR) is 69.8 cm³/mol. The monoisotopic (exact) mass is 302 g/mol. The van der Waals surface area contributed by atoms with Crippen molar-refractivity contribution in [3.05, 3.63) is 34.3 Å². The normalized spacial score (nSPS) is 10.7. The minimum Gasteiger partial charge on any atom is -0.493 e. The van der Waals surface area contributed by atoms with E-state index in [1.807, 2.05) is 25.1 Å². The van der Waals surface area contributed by atoms with Gasteiger partial charge in [-0.15, -0.1) is 0 Å². The van der Waals surface area contributed by atoms with Crippen LogP contribution in [0.4, 0.5) is 0 Å². The number of benzene rings is 1. The number of hydrogen-bond acceptors (Lipinski definition) is 2. The van der Waals surface area contributed by atoms with Crippen LogP contribution in [0.5, 0.6) is 5.75 Å². The van der Waals surface area contributed by atoms with E-state index in [9.17, 15) is 4.79 Å². The molecule has 16 heavy (non-hydrogen) atoms. The van der Waals surface area contributed by atoms with Gasteiger partial charge in [0.2, 0.25) is 5.24 Å². The molecular formula is C12H12BrClO2. The second-order valence-electron chi connectivity index (χ2n) is 3.17. The number of hydrogen-bond donors (Lipinski definition) is 0. The van der Waals surface area contributed by atoms with Crippen molar-refractivity contribution in [1.29, 1.82) is 0 Å². The van der Waals surface area contributed by atoms with Crippen LogP contribution in [0.3, 0.4) is 0 Å². The van der Waals surface area contributed by atoms with Gasteiger partial charge in [-0.25, -0.2) is 0 Å². The van der Waals surface area contributed by atoms with Crippen molar-refractivity contribution < 1.29 is 9.53 Å². The molecule has 0 heterocycles. The minimum atomic E-state index is -0.499. The van der Waals surface area contributed by atoms with E-state index in [0.717, 1.165) is 22.2 Å². The lowest BCUT2D eigenvalue weighted by molar-refractivity contribution is -0.107. The zero-order valence-corrected chi connectivity index (χ0v) is 11.2. The highest BCUT2D eigenvalue weighted by atomic mass is 79.9. The second kappa shape index (κ2) is 6.71. The quantitative estimate of drug-likeness (QED) is 0.607. The van der Waals surface area contributed by atoms with Crippen LogP contribution < -0.4 is 4.74 Å². The van der Waals surface area contributed by atoms with Gasteiger partial charge >= 0.3 is 0 Å². The van der Waals surface area contributed by atoms with Crippen LogP contribution in [0.15, 0.2) is 28.7 Å². The van der Waals surface area contributed by atoms with E-state index in [2.05, 4.69) is 15.9 Å². The molecule has 1 aromatic carbocycles. The SMILES string of the molecule is CCCOc1ccc(Br)cc1C=CC(=O)Cl. The Morgan fingerprint density at radius 1 is 1.56 bits per heavy atom. The molecule has 1 rings (SSSR count). The summed E-state index contributed by atoms with van der Waals surface area (Å²) < 4.78 is 6.48. The molecule has 0 atom stereocenters. The summed E-state index contributed by atoms with van der Waals surface area (Å²) in [6.07, 6.45) is 3.89. The van der Waals surface area contributed by atoms with E-state index < -0.39 is 5.24 Å². The molecule has 0 N–H and O–H groups in total. The largest absolute Gasteiger partial charge is 0.493 e. The van der Waals surface area contributed by atoms with Gasteiger partial charge in [-0.3, -0.25) is 4.79 Å². The fraction of sp³-hybridized carbons (Fsp3) is 0.250. The van der Waals surface area contributed by atoms with Crippen molar-refractivity contribution in [3.8, 4) is 5.75 Å². The molecule has 0 aliphatic rings. The standard InChI is InChI=1S/C12H12BrClO2/c1-2-7-16-11-5-4-10(13)8-9(11)3-6-12(14)15/h3-6,8H,2,7H2,1H3. The summed E-state index contributed by atoms with van der Waals surface area (Å²) in [5.74, 6) is 0.749. The Kier molecular flexibility index (Phi) is 5.56. The van der Waals surface area contributed by atoms with E-state index in [1.54, 1.807) is 6.08 Å². The molecular weight excluding hydrogens is 291 g/mol. The maximum Gasteiger partial charge on any atom is 0.245 e. The van der Waals surface area contributed by atoms with E-state index in [0.29, 0.717) is 6.61 Å². The summed E-state index contributed by atoms with van der Waals surface area (Å²) in [6, 6.07) is 5.63. The lowest BCUT2D eigenvalue weighted by atomic mass is 10.2. The predicted octanol–water partition coefficient (Wildman–Crippen LogP) is 4.02. The lowest BCUT2D eigenvalue weighted by Gasteiger charge is -2.08. The molecule has 0 radical (unpaired) electrons. The van der Waals surface area contributed by atoms with Crippen LogP contribution >= 0.6 is 27.5 Å². The maximum absolute atomic E-state index is 10.7. The Hall–Kier alpha value is -0.800. The number of rotatable bonds is 5. The molecule has 0 aliphatic carbocycles. The fourth-order valence-corrected chi connectivity index (χ4v) is 1.59. The van der Waals surface area contributed by atoms with E-state index in [4.69, 9.17) is 16.3 Å². The number of ether oxygens (including phenoxy) is 1. The topological polar surface area (TPSA) is 26.3 Å². The van der Waals surface area contributed by atoms with Crippen LogP contribution in [0, 0.1) is 0 Å². The second-order valence-corrected chi connectivity index (χ2v) is 4.46. The zero-order chi connectivity index (χ0) is 12.0. The summed E-state index contributed by atoms with van der Waals surface area (Å²) in [6.45, 7) is 2.69. The molecule has 0 amide bonds. The third-order valence-electron chi connectivity index (χ3n) is 1.83. The molecule has 0 bridgehead atoms. The van der Waals surface area contributed by atoms with Crippen molar-refractivity contribution in [3.63, 3.8) is 0 Å². The highest BCUT2D eigenvalue weighted by molar-refractivity contribution is 9.10. The van der Waals surface area contributed by atoms with Gasteiger partial charge in [0.25, 0.3) is 0 Å². The summed E-state index contributed by atoms with van der Waals surface area (Å²) in [5, 5.41) is -0.499. The third-order valence-corrected chi connectivity index (χ3v) is 2.45. The van der Waals surface area contributed by atoms with Gasteiger partial charge in [-0.2, -0.15) is 0 Å². The van der Waals surface area contributed by atoms with Crippen molar-refractivity contribution in [2.75, 3.05) is 6.61 Å². The van der Waals surface area contributed by atoms with Gasteiger partial charge in [-0.1, -0.05) is 22.9 Å². The summed E-state index contributed by atoms with van der Waals surface area (Å²) in [5.41, 5.74) is 0.830. The Labute approximate surface area is 108 Å². The molecule has 2 nitrogen and oxygen atoms in total. The van der Waals surface area contributed by atoms with Crippen LogP contribution in [0.2, 0.25) is 0 Å². The van der Waals surface area contributed by atoms with Crippen LogP contribution in [0.1, 0.15) is 18.9 Å². The molecule has 0 aliphatic heterocycles. The average Bonchev–Trinajstić information content (AvgIpc) is 2.25. The highest BCUT2D eigenvalue weighted by Gasteiger charge is 2.01. The van der Waals surface area contributed by atoms with Crippen LogP contribution in [-0.2, 0) is 4.79 Å². The van der Waals surface area contributed by atoms with Crippen molar-refractivity contribution in [2.24, 2.45) is 0 Å². The number of allylic oxidation sites excluding steroid dienone is 1. The lowest BCUT2D eigenvalue weighted by Crippen LogP contribution is -1.96. The molecule has 0 aromatic heterocycles. The Morgan fingerprint density at radius 2 is 2.31 bits per heavy atom. The minimum absolute atomic E-state index is 0.499. The first-order valence-corrected chi connectivity index (χ1v) is 6.10. The van der Waals surface area contributed by atoms with Crippen molar-refractivity contribution in [2.45, 2.75) is 13.3 Å². The molecule has 86 valence electrons. The van der Waals surface area contributed by atoms with E-state index in [1.165, 1.54) is 6.08 Å². The summed E-state index contributed by atoms with van der Waals surface area (Å²) in [4.78, 5) is 10.7. The van der Waals surface area contributed by atoms with Crippen LogP contribution in [0.25, 0.3) is 6.08 Å². The Morgan fingerprint density at radius 3 is 2.94 bits per heavy atom. The van der Waals surface area contributed by atoms with E-state index in [-0.39, 0.29) is 0 Å². The summed E-state index contributed by atoms with van der Waals surface area (Å²) in [7, 11) is 0.